The SMILES string of the molecule is CCCCCCOc1ccc(C(=O)NC2CCN(C)CC2)cc1OC. The lowest BCUT2D eigenvalue weighted by Gasteiger charge is -2.29. The molecule has 1 fully saturated rings. The van der Waals surface area contributed by atoms with E-state index in [4.69, 9.17) is 9.47 Å². The molecule has 0 bridgehead atoms. The Hall–Kier alpha value is -1.75. The Bertz CT molecular complexity index is 540. The van der Waals surface area contributed by atoms with Gasteiger partial charge in [0.1, 0.15) is 0 Å². The first-order valence-electron chi connectivity index (χ1n) is 9.44. The van der Waals surface area contributed by atoms with Crippen molar-refractivity contribution in [2.24, 2.45) is 0 Å². The average Bonchev–Trinajstić information content (AvgIpc) is 2.63. The van der Waals surface area contributed by atoms with Gasteiger partial charge < -0.3 is 19.7 Å². The normalized spacial score (nSPS) is 15.8. The molecule has 0 unspecified atom stereocenters. The summed E-state index contributed by atoms with van der Waals surface area (Å²) in [4.78, 5) is 14.8. The summed E-state index contributed by atoms with van der Waals surface area (Å²) in [6.07, 6.45) is 6.66. The number of amides is 1. The minimum absolute atomic E-state index is 0.0395. The fraction of sp³-hybridized carbons (Fsp3) is 0.650. The van der Waals surface area contributed by atoms with Crippen molar-refractivity contribution in [3.05, 3.63) is 23.8 Å². The van der Waals surface area contributed by atoms with Gasteiger partial charge in [-0.3, -0.25) is 4.79 Å². The molecule has 0 atom stereocenters. The lowest BCUT2D eigenvalue weighted by atomic mass is 10.0. The number of carbonyl (C=O) groups is 1. The van der Waals surface area contributed by atoms with Crippen molar-refractivity contribution in [2.45, 2.75) is 51.5 Å². The molecular formula is C20H32N2O3. The van der Waals surface area contributed by atoms with Gasteiger partial charge in [0, 0.05) is 11.6 Å². The van der Waals surface area contributed by atoms with E-state index in [9.17, 15) is 4.79 Å². The van der Waals surface area contributed by atoms with E-state index in [1.807, 2.05) is 12.1 Å². The average molecular weight is 348 g/mol. The van der Waals surface area contributed by atoms with Crippen LogP contribution in [0.3, 0.4) is 0 Å². The van der Waals surface area contributed by atoms with Gasteiger partial charge >= 0.3 is 0 Å². The van der Waals surface area contributed by atoms with Gasteiger partial charge in [-0.1, -0.05) is 26.2 Å². The molecule has 0 saturated carbocycles. The van der Waals surface area contributed by atoms with Crippen LogP contribution in [0.15, 0.2) is 18.2 Å². The number of nitrogens with one attached hydrogen (secondary N) is 1. The maximum Gasteiger partial charge on any atom is 0.251 e. The van der Waals surface area contributed by atoms with Crippen molar-refractivity contribution >= 4 is 5.91 Å². The maximum absolute atomic E-state index is 12.5. The van der Waals surface area contributed by atoms with Crippen LogP contribution in [0.4, 0.5) is 0 Å². The van der Waals surface area contributed by atoms with Crippen molar-refractivity contribution < 1.29 is 14.3 Å². The second kappa shape index (κ2) is 10.3. The molecule has 1 heterocycles. The lowest BCUT2D eigenvalue weighted by molar-refractivity contribution is 0.0916. The van der Waals surface area contributed by atoms with E-state index in [1.165, 1.54) is 19.3 Å². The number of likely N-dealkylation sites (tertiary alicyclic amines) is 1. The van der Waals surface area contributed by atoms with Crippen LogP contribution < -0.4 is 14.8 Å². The number of ether oxygens (including phenoxy) is 2. The second-order valence-corrected chi connectivity index (χ2v) is 6.83. The van der Waals surface area contributed by atoms with E-state index >= 15 is 0 Å². The Morgan fingerprint density at radius 3 is 2.64 bits per heavy atom. The molecule has 0 aliphatic carbocycles. The third kappa shape index (κ3) is 6.24. The number of benzene rings is 1. The van der Waals surface area contributed by atoms with Gasteiger partial charge in [0.05, 0.1) is 13.7 Å². The molecule has 1 N–H and O–H groups in total. The Labute approximate surface area is 151 Å². The summed E-state index contributed by atoms with van der Waals surface area (Å²) in [5, 5.41) is 3.13. The zero-order valence-corrected chi connectivity index (χ0v) is 15.8. The third-order valence-electron chi connectivity index (χ3n) is 4.74. The molecule has 5 nitrogen and oxygen atoms in total. The van der Waals surface area contributed by atoms with Gasteiger partial charge in [0.25, 0.3) is 5.91 Å². The highest BCUT2D eigenvalue weighted by Crippen LogP contribution is 2.28. The van der Waals surface area contributed by atoms with E-state index in [-0.39, 0.29) is 11.9 Å². The molecular weight excluding hydrogens is 316 g/mol. The highest BCUT2D eigenvalue weighted by molar-refractivity contribution is 5.95. The molecule has 2 rings (SSSR count). The molecule has 1 aliphatic heterocycles. The molecule has 1 aliphatic rings. The number of carbonyl (C=O) groups excluding carboxylic acids is 1. The highest BCUT2D eigenvalue weighted by atomic mass is 16.5. The summed E-state index contributed by atoms with van der Waals surface area (Å²) in [6.45, 7) is 4.93. The fourth-order valence-electron chi connectivity index (χ4n) is 3.06. The molecule has 1 aromatic carbocycles. The largest absolute Gasteiger partial charge is 0.493 e. The summed E-state index contributed by atoms with van der Waals surface area (Å²) >= 11 is 0. The zero-order chi connectivity index (χ0) is 18.1. The van der Waals surface area contributed by atoms with Crippen molar-refractivity contribution in [3.63, 3.8) is 0 Å². The van der Waals surface area contributed by atoms with Crippen LogP contribution in [0.2, 0.25) is 0 Å². The van der Waals surface area contributed by atoms with Crippen LogP contribution in [-0.4, -0.2) is 50.7 Å². The fourth-order valence-corrected chi connectivity index (χ4v) is 3.06. The van der Waals surface area contributed by atoms with Gasteiger partial charge in [-0.2, -0.15) is 0 Å². The number of hydrogen-bond donors (Lipinski definition) is 1. The van der Waals surface area contributed by atoms with Gasteiger partial charge in [0.15, 0.2) is 11.5 Å². The lowest BCUT2D eigenvalue weighted by Crippen LogP contribution is -2.43. The summed E-state index contributed by atoms with van der Waals surface area (Å²) < 4.78 is 11.2. The number of unbranched alkanes of at least 4 members (excludes halogenated alkanes) is 3. The van der Waals surface area contributed by atoms with E-state index in [1.54, 1.807) is 13.2 Å². The number of piperidine rings is 1. The Morgan fingerprint density at radius 1 is 1.20 bits per heavy atom. The molecule has 0 spiro atoms. The third-order valence-corrected chi connectivity index (χ3v) is 4.74. The van der Waals surface area contributed by atoms with Gasteiger partial charge in [0.2, 0.25) is 0 Å². The van der Waals surface area contributed by atoms with E-state index in [0.29, 0.717) is 23.7 Å². The van der Waals surface area contributed by atoms with E-state index in [0.717, 1.165) is 32.4 Å². The topological polar surface area (TPSA) is 50.8 Å². The number of rotatable bonds is 9. The summed E-state index contributed by atoms with van der Waals surface area (Å²) in [6, 6.07) is 5.67. The molecule has 1 saturated heterocycles. The first-order valence-corrected chi connectivity index (χ1v) is 9.44. The number of hydrogen-bond acceptors (Lipinski definition) is 4. The molecule has 1 amide bonds. The van der Waals surface area contributed by atoms with Crippen LogP contribution in [-0.2, 0) is 0 Å². The second-order valence-electron chi connectivity index (χ2n) is 6.83. The quantitative estimate of drug-likeness (QED) is 0.694. The Kier molecular flexibility index (Phi) is 8.06. The molecule has 1 aromatic rings. The molecule has 0 radical (unpaired) electrons. The number of nitrogens with zero attached hydrogens (tertiary/aromatic N) is 1. The predicted molar refractivity (Wildman–Crippen MR) is 101 cm³/mol. The zero-order valence-electron chi connectivity index (χ0n) is 15.8. The van der Waals surface area contributed by atoms with Crippen LogP contribution in [0.5, 0.6) is 11.5 Å². The van der Waals surface area contributed by atoms with E-state index in [2.05, 4.69) is 24.2 Å². The molecule has 25 heavy (non-hydrogen) atoms. The minimum Gasteiger partial charge on any atom is -0.493 e. The Morgan fingerprint density at radius 2 is 1.96 bits per heavy atom. The number of methoxy groups -OCH3 is 1. The van der Waals surface area contributed by atoms with Crippen LogP contribution in [0.25, 0.3) is 0 Å². The Balaban J connectivity index is 1.89. The maximum atomic E-state index is 12.5. The van der Waals surface area contributed by atoms with Gasteiger partial charge in [-0.05, 0) is 57.6 Å². The summed E-state index contributed by atoms with van der Waals surface area (Å²) in [5.74, 6) is 1.28. The highest BCUT2D eigenvalue weighted by Gasteiger charge is 2.19. The monoisotopic (exact) mass is 348 g/mol. The molecule has 140 valence electrons. The minimum atomic E-state index is -0.0395. The van der Waals surface area contributed by atoms with Gasteiger partial charge in [-0.25, -0.2) is 0 Å². The molecule has 5 heteroatoms. The first-order chi connectivity index (χ1) is 12.1. The van der Waals surface area contributed by atoms with Crippen molar-refractivity contribution in [2.75, 3.05) is 33.9 Å². The predicted octanol–water partition coefficient (Wildman–Crippen LogP) is 3.48. The van der Waals surface area contributed by atoms with E-state index < -0.39 is 0 Å². The summed E-state index contributed by atoms with van der Waals surface area (Å²) in [5.41, 5.74) is 0.620. The van der Waals surface area contributed by atoms with Crippen molar-refractivity contribution in [1.82, 2.24) is 10.2 Å². The van der Waals surface area contributed by atoms with Crippen molar-refractivity contribution in [1.29, 1.82) is 0 Å². The van der Waals surface area contributed by atoms with Crippen LogP contribution in [0.1, 0.15) is 55.8 Å². The van der Waals surface area contributed by atoms with Crippen LogP contribution >= 0.6 is 0 Å². The molecule has 0 aromatic heterocycles. The first kappa shape index (κ1) is 19.6. The smallest absolute Gasteiger partial charge is 0.251 e. The van der Waals surface area contributed by atoms with Crippen LogP contribution in [0, 0.1) is 0 Å². The standard InChI is InChI=1S/C20H32N2O3/c1-4-5-6-7-14-25-18-9-8-16(15-19(18)24-3)20(23)21-17-10-12-22(2)13-11-17/h8-9,15,17H,4-7,10-14H2,1-3H3,(H,21,23). The van der Waals surface area contributed by atoms with Gasteiger partial charge in [-0.15, -0.1) is 0 Å². The van der Waals surface area contributed by atoms with Crippen molar-refractivity contribution in [3.8, 4) is 11.5 Å². The summed E-state index contributed by atoms with van der Waals surface area (Å²) in [7, 11) is 3.72.